The summed E-state index contributed by atoms with van der Waals surface area (Å²) in [5.41, 5.74) is 6.72. The van der Waals surface area contributed by atoms with Crippen LogP contribution in [0.15, 0.2) is 94.2 Å². The monoisotopic (exact) mass is 828 g/mol. The smallest absolute Gasteiger partial charge is 0.303 e. The highest BCUT2D eigenvalue weighted by Gasteiger charge is 2.20. The van der Waals surface area contributed by atoms with E-state index in [9.17, 15) is 9.59 Å². The third-order valence-electron chi connectivity index (χ3n) is 9.86. The van der Waals surface area contributed by atoms with Crippen molar-refractivity contribution in [3.63, 3.8) is 0 Å². The molecule has 16 nitrogen and oxygen atoms in total. The number of hydrogen-bond donors (Lipinski definition) is 3. The van der Waals surface area contributed by atoms with E-state index in [2.05, 4.69) is 25.3 Å². The molecule has 4 aromatic carbocycles. The Labute approximate surface area is 349 Å². The fraction of sp³-hybridized carbons (Fsp3) is 0.244. The second kappa shape index (κ2) is 18.5. The lowest BCUT2D eigenvalue weighted by atomic mass is 10.1. The van der Waals surface area contributed by atoms with Crippen LogP contribution in [0.1, 0.15) is 37.8 Å². The molecule has 0 radical (unpaired) electrons. The van der Waals surface area contributed by atoms with Gasteiger partial charge < -0.3 is 47.8 Å². The lowest BCUT2D eigenvalue weighted by molar-refractivity contribution is -0.138. The number of H-pyrrole nitrogens is 1. The van der Waals surface area contributed by atoms with Gasteiger partial charge in [0, 0.05) is 65.3 Å². The summed E-state index contributed by atoms with van der Waals surface area (Å²) in [7, 11) is 5.07. The number of rotatable bonds is 16. The molecule has 0 unspecified atom stereocenters. The predicted octanol–water partition coefficient (Wildman–Crippen LogP) is 8.63. The lowest BCUT2D eigenvalue weighted by Crippen LogP contribution is -1.98. The van der Waals surface area contributed by atoms with Crippen molar-refractivity contribution in [2.24, 2.45) is 7.05 Å². The van der Waals surface area contributed by atoms with Gasteiger partial charge in [-0.3, -0.25) is 9.59 Å². The molecule has 4 heterocycles. The number of aryl methyl sites for hydroxylation is 3. The molecule has 61 heavy (non-hydrogen) atoms. The van der Waals surface area contributed by atoms with E-state index in [4.69, 9.17) is 38.2 Å². The molecule has 0 bridgehead atoms. The second-order valence-corrected chi connectivity index (χ2v) is 13.7. The molecule has 3 N–H and O–H groups in total. The van der Waals surface area contributed by atoms with Gasteiger partial charge in [-0.05, 0) is 86.3 Å². The fourth-order valence-corrected chi connectivity index (χ4v) is 7.07. The van der Waals surface area contributed by atoms with E-state index in [1.807, 2.05) is 98.5 Å². The highest BCUT2D eigenvalue weighted by molar-refractivity contribution is 5.96. The first kappa shape index (κ1) is 41.5. The van der Waals surface area contributed by atoms with E-state index in [-0.39, 0.29) is 12.8 Å². The van der Waals surface area contributed by atoms with E-state index >= 15 is 0 Å². The molecule has 0 aliphatic heterocycles. The highest BCUT2D eigenvalue weighted by atomic mass is 16.5. The van der Waals surface area contributed by atoms with E-state index in [0.717, 1.165) is 49.6 Å². The van der Waals surface area contributed by atoms with Crippen molar-refractivity contribution in [1.82, 2.24) is 29.8 Å². The zero-order valence-corrected chi connectivity index (χ0v) is 34.2. The van der Waals surface area contributed by atoms with Crippen LogP contribution in [-0.2, 0) is 29.5 Å². The van der Waals surface area contributed by atoms with Gasteiger partial charge in [0.1, 0.15) is 0 Å². The summed E-state index contributed by atoms with van der Waals surface area (Å²) >= 11 is 0. The Hall–Kier alpha value is -7.62. The number of aromatic nitrogens is 6. The van der Waals surface area contributed by atoms with Gasteiger partial charge in [0.15, 0.2) is 23.0 Å². The van der Waals surface area contributed by atoms with E-state index in [0.29, 0.717) is 78.0 Å². The molecule has 16 heteroatoms. The van der Waals surface area contributed by atoms with Gasteiger partial charge >= 0.3 is 11.9 Å². The SMILES string of the molecule is CCOc1ccc(-c2nc(-c3cccc4c(CCC(=O)O)cn(C)c34)no2)cc1OCC.COc1ccc(-c2nc(-c3cccc4c(CCC(=O)O)c[nH]c34)no2)cc1OC. The van der Waals surface area contributed by atoms with Crippen molar-refractivity contribution in [2.75, 3.05) is 27.4 Å². The molecule has 314 valence electrons. The van der Waals surface area contributed by atoms with Crippen LogP contribution < -0.4 is 18.9 Å². The average molecular weight is 829 g/mol. The largest absolute Gasteiger partial charge is 0.493 e. The van der Waals surface area contributed by atoms with Crippen molar-refractivity contribution in [2.45, 2.75) is 39.5 Å². The van der Waals surface area contributed by atoms with E-state index < -0.39 is 11.9 Å². The maximum atomic E-state index is 11.0. The normalized spacial score (nSPS) is 11.0. The molecule has 0 spiro atoms. The average Bonchev–Trinajstić information content (AvgIpc) is 4.10. The highest BCUT2D eigenvalue weighted by Crippen LogP contribution is 2.36. The maximum Gasteiger partial charge on any atom is 0.303 e. The van der Waals surface area contributed by atoms with Crippen LogP contribution in [0.3, 0.4) is 0 Å². The van der Waals surface area contributed by atoms with Crippen molar-refractivity contribution < 1.29 is 47.8 Å². The number of nitrogens with zero attached hydrogens (tertiary/aromatic N) is 5. The number of aromatic amines is 1. The van der Waals surface area contributed by atoms with E-state index in [1.54, 1.807) is 26.4 Å². The molecule has 0 amide bonds. The number of aliphatic carboxylic acids is 2. The van der Waals surface area contributed by atoms with Crippen LogP contribution in [0.4, 0.5) is 0 Å². The summed E-state index contributed by atoms with van der Waals surface area (Å²) in [6.45, 7) is 4.89. The molecule has 0 saturated heterocycles. The van der Waals surface area contributed by atoms with E-state index in [1.165, 1.54) is 0 Å². The minimum Gasteiger partial charge on any atom is -0.493 e. The summed E-state index contributed by atoms with van der Waals surface area (Å²) in [4.78, 5) is 34.2. The third kappa shape index (κ3) is 9.02. The lowest BCUT2D eigenvalue weighted by Gasteiger charge is -2.11. The molecule has 0 aliphatic carbocycles. The summed E-state index contributed by atoms with van der Waals surface area (Å²) in [5.74, 6) is 2.46. The molecule has 4 aromatic heterocycles. The molecule has 0 atom stereocenters. The number of benzene rings is 4. The summed E-state index contributed by atoms with van der Waals surface area (Å²) in [6.07, 6.45) is 4.84. The first-order valence-corrected chi connectivity index (χ1v) is 19.5. The van der Waals surface area contributed by atoms with Crippen LogP contribution in [0.5, 0.6) is 23.0 Å². The Morgan fingerprint density at radius 2 is 1.25 bits per heavy atom. The van der Waals surface area contributed by atoms with Gasteiger partial charge in [-0.1, -0.05) is 34.6 Å². The number of hydrogen-bond acceptors (Lipinski definition) is 12. The Morgan fingerprint density at radius 1 is 0.689 bits per heavy atom. The van der Waals surface area contributed by atoms with Crippen LogP contribution in [0.2, 0.25) is 0 Å². The minimum absolute atomic E-state index is 0.0723. The molecule has 0 saturated carbocycles. The first-order valence-electron chi connectivity index (χ1n) is 19.5. The van der Waals surface area contributed by atoms with Crippen molar-refractivity contribution in [1.29, 1.82) is 0 Å². The van der Waals surface area contributed by atoms with Gasteiger partial charge in [0.2, 0.25) is 11.6 Å². The van der Waals surface area contributed by atoms with Gasteiger partial charge in [0.05, 0.1) is 38.5 Å². The Bertz CT molecular complexity index is 2820. The summed E-state index contributed by atoms with van der Waals surface area (Å²) in [6, 6.07) is 22.5. The molecule has 0 fully saturated rings. The predicted molar refractivity (Wildman–Crippen MR) is 226 cm³/mol. The number of carboxylic acids is 2. The number of carboxylic acid groups (broad SMARTS) is 2. The first-order chi connectivity index (χ1) is 29.6. The number of nitrogens with one attached hydrogen (secondary N) is 1. The standard InChI is InChI=1S/C24H25N3O5.C21H19N3O5/c1-4-30-19-11-9-15(13-20(19)31-5-2)24-25-23(26-32-24)18-8-6-7-17-16(10-12-21(28)29)14-27(3)22(17)18;1-27-16-8-6-12(10-17(16)28-2)21-23-20(24-29-21)15-5-3-4-14-13(7-9-18(25)26)11-22-19(14)15/h6-9,11,13-14H,4-5,10,12H2,1-3H3,(H,28,29);3-6,8,10-11,22H,7,9H2,1-2H3,(H,25,26). The zero-order valence-electron chi connectivity index (χ0n) is 34.2. The number of methoxy groups -OCH3 is 2. The molecular weight excluding hydrogens is 785 g/mol. The van der Waals surface area contributed by atoms with Gasteiger partial charge in [-0.2, -0.15) is 9.97 Å². The number of carbonyl (C=O) groups is 2. The molecular formula is C45H44N6O10. The molecule has 0 aliphatic rings. The van der Waals surface area contributed by atoms with Crippen LogP contribution in [0, 0.1) is 0 Å². The number of para-hydroxylation sites is 2. The Morgan fingerprint density at radius 3 is 1.87 bits per heavy atom. The van der Waals surface area contributed by atoms with Crippen LogP contribution in [0.25, 0.3) is 67.5 Å². The topological polar surface area (TPSA) is 210 Å². The number of fused-ring (bicyclic) bond motifs is 2. The maximum absolute atomic E-state index is 11.0. The Balaban J connectivity index is 0.000000185. The quantitative estimate of drug-likeness (QED) is 0.0833. The fourth-order valence-electron chi connectivity index (χ4n) is 7.07. The third-order valence-corrected chi connectivity index (χ3v) is 9.86. The summed E-state index contributed by atoms with van der Waals surface area (Å²) in [5, 5.41) is 28.2. The summed E-state index contributed by atoms with van der Waals surface area (Å²) < 4.78 is 34.9. The zero-order chi connectivity index (χ0) is 43.0. The molecule has 8 rings (SSSR count). The van der Waals surface area contributed by atoms with Crippen molar-refractivity contribution in [3.05, 3.63) is 96.3 Å². The minimum atomic E-state index is -0.826. The van der Waals surface area contributed by atoms with Crippen LogP contribution in [-0.4, -0.2) is 79.4 Å². The Kier molecular flexibility index (Phi) is 12.6. The van der Waals surface area contributed by atoms with Gasteiger partial charge in [0.25, 0.3) is 11.8 Å². The van der Waals surface area contributed by atoms with Gasteiger partial charge in [-0.25, -0.2) is 0 Å². The number of ether oxygens (including phenoxy) is 4. The molecule has 8 aromatic rings. The second-order valence-electron chi connectivity index (χ2n) is 13.7. The van der Waals surface area contributed by atoms with Crippen LogP contribution >= 0.6 is 0 Å². The van der Waals surface area contributed by atoms with Gasteiger partial charge in [-0.15, -0.1) is 0 Å². The van der Waals surface area contributed by atoms with Crippen molar-refractivity contribution in [3.8, 4) is 68.7 Å². The van der Waals surface area contributed by atoms with Crippen molar-refractivity contribution >= 4 is 33.7 Å².